The number of ether oxygens (including phenoxy) is 1. The Kier molecular flexibility index (Phi) is 4.88. The number of nitrogens with zero attached hydrogens (tertiary/aromatic N) is 2. The van der Waals surface area contributed by atoms with Gasteiger partial charge in [-0.1, -0.05) is 30.3 Å². The van der Waals surface area contributed by atoms with Crippen LogP contribution < -0.4 is 5.63 Å². The van der Waals surface area contributed by atoms with E-state index in [9.17, 15) is 4.79 Å². The molecule has 120 valence electrons. The zero-order chi connectivity index (χ0) is 16.1. The number of rotatable bonds is 3. The fourth-order valence-corrected chi connectivity index (χ4v) is 2.62. The highest BCUT2D eigenvalue weighted by Gasteiger charge is 2.16. The van der Waals surface area contributed by atoms with Crippen molar-refractivity contribution in [2.24, 2.45) is 4.99 Å². The molecule has 1 aliphatic rings. The van der Waals surface area contributed by atoms with E-state index in [1.165, 1.54) is 11.6 Å². The van der Waals surface area contributed by atoms with Crippen molar-refractivity contribution >= 4 is 11.5 Å². The van der Waals surface area contributed by atoms with Crippen molar-refractivity contribution in [2.45, 2.75) is 13.3 Å². The Bertz CT molecular complexity index is 731. The Morgan fingerprint density at radius 1 is 1.17 bits per heavy atom. The Balaban J connectivity index is 1.92. The summed E-state index contributed by atoms with van der Waals surface area (Å²) < 4.78 is 10.4. The van der Waals surface area contributed by atoms with Gasteiger partial charge in [0.2, 0.25) is 0 Å². The van der Waals surface area contributed by atoms with E-state index in [-0.39, 0.29) is 5.63 Å². The SMILES string of the molecule is Cc1cc(N=C(Cc2ccccc2)N2CCOCC2)cc(=O)o1. The molecule has 0 unspecified atom stereocenters. The summed E-state index contributed by atoms with van der Waals surface area (Å²) in [6.07, 6.45) is 0.722. The van der Waals surface area contributed by atoms with E-state index in [4.69, 9.17) is 14.1 Å². The molecular formula is C18H20N2O3. The van der Waals surface area contributed by atoms with Crippen LogP contribution in [0, 0.1) is 6.92 Å². The van der Waals surface area contributed by atoms with Crippen LogP contribution in [0.1, 0.15) is 11.3 Å². The van der Waals surface area contributed by atoms with Crippen molar-refractivity contribution in [2.75, 3.05) is 26.3 Å². The third kappa shape index (κ3) is 4.29. The van der Waals surface area contributed by atoms with Gasteiger partial charge in [0.1, 0.15) is 11.6 Å². The van der Waals surface area contributed by atoms with Gasteiger partial charge in [-0.2, -0.15) is 0 Å². The molecule has 3 rings (SSSR count). The Hall–Kier alpha value is -2.40. The predicted molar refractivity (Wildman–Crippen MR) is 89.3 cm³/mol. The first-order valence-corrected chi connectivity index (χ1v) is 7.77. The van der Waals surface area contributed by atoms with Crippen LogP contribution in [0.25, 0.3) is 0 Å². The minimum absolute atomic E-state index is 0.371. The Morgan fingerprint density at radius 3 is 2.61 bits per heavy atom. The second kappa shape index (κ2) is 7.24. The highest BCUT2D eigenvalue weighted by atomic mass is 16.5. The maximum Gasteiger partial charge on any atom is 0.338 e. The van der Waals surface area contributed by atoms with Gasteiger partial charge in [0, 0.05) is 31.6 Å². The number of benzene rings is 1. The maximum atomic E-state index is 11.6. The largest absolute Gasteiger partial charge is 0.428 e. The molecule has 2 heterocycles. The molecular weight excluding hydrogens is 292 g/mol. The Morgan fingerprint density at radius 2 is 1.91 bits per heavy atom. The lowest BCUT2D eigenvalue weighted by atomic mass is 10.1. The third-order valence-electron chi connectivity index (χ3n) is 3.72. The number of aliphatic imine (C=N–C) groups is 1. The molecule has 1 saturated heterocycles. The maximum absolute atomic E-state index is 11.6. The average Bonchev–Trinajstić information content (AvgIpc) is 2.55. The summed E-state index contributed by atoms with van der Waals surface area (Å²) in [5, 5.41) is 0. The summed E-state index contributed by atoms with van der Waals surface area (Å²) in [6.45, 7) is 4.78. The first-order chi connectivity index (χ1) is 11.2. The van der Waals surface area contributed by atoms with E-state index in [2.05, 4.69) is 17.0 Å². The van der Waals surface area contributed by atoms with Crippen LogP contribution in [0.4, 0.5) is 5.69 Å². The van der Waals surface area contributed by atoms with Crippen LogP contribution in [-0.4, -0.2) is 37.0 Å². The van der Waals surface area contributed by atoms with Crippen molar-refractivity contribution in [3.8, 4) is 0 Å². The summed E-state index contributed by atoms with van der Waals surface area (Å²) in [5.74, 6) is 1.52. The highest BCUT2D eigenvalue weighted by Crippen LogP contribution is 2.15. The van der Waals surface area contributed by atoms with Crippen LogP contribution in [0.5, 0.6) is 0 Å². The van der Waals surface area contributed by atoms with Crippen LogP contribution >= 0.6 is 0 Å². The summed E-state index contributed by atoms with van der Waals surface area (Å²) in [4.78, 5) is 18.5. The van der Waals surface area contributed by atoms with Crippen LogP contribution in [0.15, 0.2) is 56.7 Å². The van der Waals surface area contributed by atoms with Crippen molar-refractivity contribution in [3.05, 3.63) is 64.2 Å². The summed E-state index contributed by atoms with van der Waals surface area (Å²) in [6, 6.07) is 13.4. The van der Waals surface area contributed by atoms with Gasteiger partial charge in [0.05, 0.1) is 18.9 Å². The zero-order valence-electron chi connectivity index (χ0n) is 13.2. The summed E-state index contributed by atoms with van der Waals surface area (Å²) in [5.41, 5.74) is 1.46. The zero-order valence-corrected chi connectivity index (χ0v) is 13.2. The van der Waals surface area contributed by atoms with Gasteiger partial charge in [-0.25, -0.2) is 9.79 Å². The minimum Gasteiger partial charge on any atom is -0.428 e. The molecule has 2 aromatic rings. The number of amidine groups is 1. The monoisotopic (exact) mass is 312 g/mol. The summed E-state index contributed by atoms with van der Waals surface area (Å²) in [7, 11) is 0. The summed E-state index contributed by atoms with van der Waals surface area (Å²) >= 11 is 0. The molecule has 5 nitrogen and oxygen atoms in total. The number of morpholine rings is 1. The molecule has 0 amide bonds. The standard InChI is InChI=1S/C18H20N2O3/c1-14-11-16(13-18(21)23-14)19-17(20-7-9-22-10-8-20)12-15-5-3-2-4-6-15/h2-6,11,13H,7-10,12H2,1H3. The molecule has 1 aromatic heterocycles. The normalized spacial score (nSPS) is 15.7. The first kappa shape index (κ1) is 15.5. The lowest BCUT2D eigenvalue weighted by Gasteiger charge is -2.30. The van der Waals surface area contributed by atoms with Gasteiger partial charge < -0.3 is 14.1 Å². The van der Waals surface area contributed by atoms with Crippen LogP contribution in [0.3, 0.4) is 0 Å². The molecule has 0 radical (unpaired) electrons. The van der Waals surface area contributed by atoms with Gasteiger partial charge in [-0.15, -0.1) is 0 Å². The molecule has 0 N–H and O–H groups in total. The van der Waals surface area contributed by atoms with Crippen LogP contribution in [-0.2, 0) is 11.2 Å². The highest BCUT2D eigenvalue weighted by molar-refractivity contribution is 5.87. The van der Waals surface area contributed by atoms with E-state index in [0.717, 1.165) is 25.3 Å². The molecule has 0 atom stereocenters. The van der Waals surface area contributed by atoms with E-state index >= 15 is 0 Å². The fraction of sp³-hybridized carbons (Fsp3) is 0.333. The average molecular weight is 312 g/mol. The fourth-order valence-electron chi connectivity index (χ4n) is 2.62. The van der Waals surface area contributed by atoms with Crippen molar-refractivity contribution in [1.82, 2.24) is 4.90 Å². The van der Waals surface area contributed by atoms with Crippen molar-refractivity contribution in [3.63, 3.8) is 0 Å². The molecule has 0 aliphatic carbocycles. The Labute approximate surface area is 135 Å². The van der Waals surface area contributed by atoms with Crippen molar-refractivity contribution in [1.29, 1.82) is 0 Å². The number of hydrogen-bond donors (Lipinski definition) is 0. The van der Waals surface area contributed by atoms with Crippen LogP contribution in [0.2, 0.25) is 0 Å². The smallest absolute Gasteiger partial charge is 0.338 e. The lowest BCUT2D eigenvalue weighted by molar-refractivity contribution is 0.0674. The lowest BCUT2D eigenvalue weighted by Crippen LogP contribution is -2.41. The third-order valence-corrected chi connectivity index (χ3v) is 3.72. The molecule has 0 spiro atoms. The van der Waals surface area contributed by atoms with Crippen molar-refractivity contribution < 1.29 is 9.15 Å². The predicted octanol–water partition coefficient (Wildman–Crippen LogP) is 2.55. The number of hydrogen-bond acceptors (Lipinski definition) is 4. The molecule has 1 aliphatic heterocycles. The van der Waals surface area contributed by atoms with E-state index in [1.807, 2.05) is 18.2 Å². The quantitative estimate of drug-likeness (QED) is 0.645. The van der Waals surface area contributed by atoms with E-state index < -0.39 is 0 Å². The molecule has 0 saturated carbocycles. The molecule has 1 fully saturated rings. The molecule has 23 heavy (non-hydrogen) atoms. The molecule has 5 heteroatoms. The molecule has 0 bridgehead atoms. The topological polar surface area (TPSA) is 55.0 Å². The van der Waals surface area contributed by atoms with Gasteiger partial charge in [-0.3, -0.25) is 0 Å². The van der Waals surface area contributed by atoms with E-state index in [0.29, 0.717) is 24.7 Å². The van der Waals surface area contributed by atoms with Gasteiger partial charge in [0.15, 0.2) is 0 Å². The van der Waals surface area contributed by atoms with Gasteiger partial charge in [-0.05, 0) is 12.5 Å². The number of aryl methyl sites for hydroxylation is 1. The van der Waals surface area contributed by atoms with E-state index in [1.54, 1.807) is 13.0 Å². The second-order valence-electron chi connectivity index (χ2n) is 5.54. The molecule has 1 aromatic carbocycles. The van der Waals surface area contributed by atoms with Gasteiger partial charge in [0.25, 0.3) is 0 Å². The minimum atomic E-state index is -0.371. The second-order valence-corrected chi connectivity index (χ2v) is 5.54. The first-order valence-electron chi connectivity index (χ1n) is 7.77. The van der Waals surface area contributed by atoms with Gasteiger partial charge >= 0.3 is 5.63 Å².